The minimum atomic E-state index is 0.531. The van der Waals surface area contributed by atoms with Gasteiger partial charge >= 0.3 is 0 Å². The molecular weight excluding hydrogens is 401 g/mol. The van der Waals surface area contributed by atoms with Crippen molar-refractivity contribution in [2.45, 2.75) is 52.0 Å². The van der Waals surface area contributed by atoms with Gasteiger partial charge in [-0.2, -0.15) is 0 Å². The van der Waals surface area contributed by atoms with Crippen molar-refractivity contribution in [2.24, 2.45) is 5.41 Å². The number of hydrogen-bond donors (Lipinski definition) is 1. The Labute approximate surface area is 132 Å². The van der Waals surface area contributed by atoms with Crippen molar-refractivity contribution in [3.63, 3.8) is 0 Å². The summed E-state index contributed by atoms with van der Waals surface area (Å²) in [7, 11) is 0. The van der Waals surface area contributed by atoms with Crippen molar-refractivity contribution < 1.29 is 0 Å². The van der Waals surface area contributed by atoms with Crippen molar-refractivity contribution in [3.8, 4) is 0 Å². The molecule has 1 atom stereocenters. The Bertz CT molecular complexity index is 417. The molecular formula is C15H21BrIN. The van der Waals surface area contributed by atoms with E-state index in [1.807, 2.05) is 0 Å². The van der Waals surface area contributed by atoms with Crippen LogP contribution < -0.4 is 5.32 Å². The van der Waals surface area contributed by atoms with Crippen molar-refractivity contribution in [3.05, 3.63) is 26.2 Å². The molecule has 2 rings (SSSR count). The maximum absolute atomic E-state index is 3.69. The van der Waals surface area contributed by atoms with Gasteiger partial charge in [-0.25, -0.2) is 0 Å². The van der Waals surface area contributed by atoms with Crippen LogP contribution in [-0.4, -0.2) is 6.04 Å². The first-order valence-electron chi connectivity index (χ1n) is 6.68. The fourth-order valence-electron chi connectivity index (χ4n) is 2.63. The third kappa shape index (κ3) is 4.12. The van der Waals surface area contributed by atoms with Gasteiger partial charge in [-0.1, -0.05) is 20.3 Å². The highest BCUT2D eigenvalue weighted by atomic mass is 127. The molecule has 0 aromatic heterocycles. The van der Waals surface area contributed by atoms with Crippen LogP contribution in [0.15, 0.2) is 22.7 Å². The van der Waals surface area contributed by atoms with Gasteiger partial charge in [-0.15, -0.1) is 0 Å². The lowest BCUT2D eigenvalue weighted by molar-refractivity contribution is 0.313. The van der Waals surface area contributed by atoms with E-state index in [9.17, 15) is 0 Å². The summed E-state index contributed by atoms with van der Waals surface area (Å²) in [5, 5.41) is 3.69. The Kier molecular flexibility index (Phi) is 4.98. The minimum Gasteiger partial charge on any atom is -0.382 e. The van der Waals surface area contributed by atoms with Crippen LogP contribution in [0.1, 0.15) is 46.0 Å². The van der Waals surface area contributed by atoms with E-state index in [1.54, 1.807) is 0 Å². The normalized spacial score (nSPS) is 23.4. The number of halogens is 2. The molecule has 1 N–H and O–H groups in total. The van der Waals surface area contributed by atoms with E-state index in [1.165, 1.54) is 45.8 Å². The van der Waals surface area contributed by atoms with Gasteiger partial charge in [0, 0.05) is 19.8 Å². The Morgan fingerprint density at radius 1 is 1.28 bits per heavy atom. The Morgan fingerprint density at radius 3 is 2.78 bits per heavy atom. The number of anilines is 1. The molecule has 1 unspecified atom stereocenters. The van der Waals surface area contributed by atoms with Gasteiger partial charge in [0.05, 0.1) is 0 Å². The molecule has 1 aliphatic carbocycles. The minimum absolute atomic E-state index is 0.531. The molecule has 0 saturated heterocycles. The van der Waals surface area contributed by atoms with E-state index < -0.39 is 0 Å². The van der Waals surface area contributed by atoms with Gasteiger partial charge in [0.25, 0.3) is 0 Å². The molecule has 1 saturated carbocycles. The van der Waals surface area contributed by atoms with Crippen LogP contribution in [0.2, 0.25) is 0 Å². The predicted octanol–water partition coefficient (Wildman–Crippen LogP) is 5.82. The first-order valence-corrected chi connectivity index (χ1v) is 8.55. The van der Waals surface area contributed by atoms with Crippen LogP contribution in [0.4, 0.5) is 5.69 Å². The smallest absolute Gasteiger partial charge is 0.0354 e. The summed E-state index contributed by atoms with van der Waals surface area (Å²) < 4.78 is 2.45. The summed E-state index contributed by atoms with van der Waals surface area (Å²) in [5.41, 5.74) is 1.77. The van der Waals surface area contributed by atoms with Crippen molar-refractivity contribution in [1.29, 1.82) is 0 Å². The molecule has 1 fully saturated rings. The first-order chi connectivity index (χ1) is 8.46. The Morgan fingerprint density at radius 2 is 2.06 bits per heavy atom. The van der Waals surface area contributed by atoms with Gasteiger partial charge < -0.3 is 5.32 Å². The van der Waals surface area contributed by atoms with Gasteiger partial charge in [0.2, 0.25) is 0 Å². The van der Waals surface area contributed by atoms with Crippen LogP contribution in [-0.2, 0) is 0 Å². The molecule has 1 aromatic rings. The van der Waals surface area contributed by atoms with E-state index in [0.717, 1.165) is 0 Å². The van der Waals surface area contributed by atoms with E-state index in [0.29, 0.717) is 11.5 Å². The molecule has 0 bridgehead atoms. The number of hydrogen-bond acceptors (Lipinski definition) is 1. The zero-order valence-corrected chi connectivity index (χ0v) is 14.8. The topological polar surface area (TPSA) is 12.0 Å². The average molecular weight is 422 g/mol. The lowest BCUT2D eigenvalue weighted by Gasteiger charge is -2.22. The van der Waals surface area contributed by atoms with E-state index in [2.05, 4.69) is 75.9 Å². The molecule has 1 nitrogen and oxygen atoms in total. The molecule has 1 aromatic carbocycles. The maximum atomic E-state index is 3.69. The van der Waals surface area contributed by atoms with Crippen LogP contribution in [0.5, 0.6) is 0 Å². The van der Waals surface area contributed by atoms with Gasteiger partial charge in [0.1, 0.15) is 0 Å². The molecule has 0 radical (unpaired) electrons. The van der Waals surface area contributed by atoms with Crippen LogP contribution in [0, 0.1) is 8.99 Å². The summed E-state index contributed by atoms with van der Waals surface area (Å²) in [6.07, 6.45) is 6.62. The largest absolute Gasteiger partial charge is 0.382 e. The Hall–Kier alpha value is 0.230. The quantitative estimate of drug-likeness (QED) is 0.468. The van der Waals surface area contributed by atoms with Gasteiger partial charge in [-0.3, -0.25) is 0 Å². The lowest BCUT2D eigenvalue weighted by Crippen LogP contribution is -2.19. The SMILES string of the molecule is CC1(C)CCCC(Nc2ccc(I)c(Br)c2)CC1. The third-order valence-corrected chi connectivity index (χ3v) is 6.20. The molecule has 0 heterocycles. The summed E-state index contributed by atoms with van der Waals surface area (Å²) in [5.74, 6) is 0. The number of rotatable bonds is 2. The Balaban J connectivity index is 1.98. The molecule has 1 aliphatic rings. The predicted molar refractivity (Wildman–Crippen MR) is 91.1 cm³/mol. The zero-order valence-electron chi connectivity index (χ0n) is 11.1. The summed E-state index contributed by atoms with van der Waals surface area (Å²) in [6.45, 7) is 4.80. The molecule has 18 heavy (non-hydrogen) atoms. The van der Waals surface area contributed by atoms with E-state index in [-0.39, 0.29) is 0 Å². The van der Waals surface area contributed by atoms with E-state index in [4.69, 9.17) is 0 Å². The third-order valence-electron chi connectivity index (χ3n) is 3.87. The highest BCUT2D eigenvalue weighted by Gasteiger charge is 2.24. The van der Waals surface area contributed by atoms with Crippen LogP contribution >= 0.6 is 38.5 Å². The van der Waals surface area contributed by atoms with Crippen molar-refractivity contribution >= 4 is 44.2 Å². The molecule has 3 heteroatoms. The highest BCUT2D eigenvalue weighted by molar-refractivity contribution is 14.1. The van der Waals surface area contributed by atoms with Crippen molar-refractivity contribution in [2.75, 3.05) is 5.32 Å². The first kappa shape index (κ1) is 14.6. The average Bonchev–Trinajstić information content (AvgIpc) is 2.46. The second kappa shape index (κ2) is 6.12. The molecule has 0 amide bonds. The maximum Gasteiger partial charge on any atom is 0.0354 e. The molecule has 100 valence electrons. The van der Waals surface area contributed by atoms with Crippen molar-refractivity contribution in [1.82, 2.24) is 0 Å². The van der Waals surface area contributed by atoms with E-state index >= 15 is 0 Å². The zero-order chi connectivity index (χ0) is 13.2. The van der Waals surface area contributed by atoms with Gasteiger partial charge in [0.15, 0.2) is 0 Å². The number of nitrogens with one attached hydrogen (secondary N) is 1. The second-order valence-electron chi connectivity index (χ2n) is 6.07. The summed E-state index contributed by atoms with van der Waals surface area (Å²) >= 11 is 5.94. The molecule has 0 aliphatic heterocycles. The fourth-order valence-corrected chi connectivity index (χ4v) is 3.34. The van der Waals surface area contributed by atoms with Gasteiger partial charge in [-0.05, 0) is 87.8 Å². The monoisotopic (exact) mass is 421 g/mol. The lowest BCUT2D eigenvalue weighted by atomic mass is 9.85. The second-order valence-corrected chi connectivity index (χ2v) is 8.08. The standard InChI is InChI=1S/C15H21BrIN/c1-15(2)8-3-4-11(7-9-15)18-12-5-6-14(17)13(16)10-12/h5-6,10-11,18H,3-4,7-9H2,1-2H3. The summed E-state index contributed by atoms with van der Waals surface area (Å²) in [6, 6.07) is 7.17. The van der Waals surface area contributed by atoms with Crippen LogP contribution in [0.3, 0.4) is 0 Å². The van der Waals surface area contributed by atoms with Crippen LogP contribution in [0.25, 0.3) is 0 Å². The molecule has 0 spiro atoms. The fraction of sp³-hybridized carbons (Fsp3) is 0.600. The number of benzene rings is 1. The summed E-state index contributed by atoms with van der Waals surface area (Å²) in [4.78, 5) is 0. The highest BCUT2D eigenvalue weighted by Crippen LogP contribution is 2.35.